The number of hydrogen-bond donors (Lipinski definition) is 2. The van der Waals surface area contributed by atoms with Crippen LogP contribution in [0.2, 0.25) is 0 Å². The molecule has 0 aromatic heterocycles. The maximum atomic E-state index is 11.3. The summed E-state index contributed by atoms with van der Waals surface area (Å²) in [6.45, 7) is 8.57. The van der Waals surface area contributed by atoms with Gasteiger partial charge in [-0.2, -0.15) is 0 Å². The van der Waals surface area contributed by atoms with E-state index in [2.05, 4.69) is 47.9 Å². The van der Waals surface area contributed by atoms with Crippen LogP contribution in [0.15, 0.2) is 24.3 Å². The van der Waals surface area contributed by atoms with E-state index in [1.54, 1.807) is 0 Å². The Hall–Kier alpha value is -0.940. The minimum Gasteiger partial charge on any atom is -0.395 e. The van der Waals surface area contributed by atoms with E-state index in [0.29, 0.717) is 6.54 Å². The standard InChI is InChI=1S/C21H34N2O2/c1-16(2)8-11-23-12-9-21(10-13-23)18-7-5-4-6-17(18)19(20(21)25)22(3)14-15-24/h4-7,16,19-20,24-25H,8-15H2,1-3H3/t19-,20+/m1/s1. The van der Waals surface area contributed by atoms with Gasteiger partial charge in [0.05, 0.1) is 18.8 Å². The van der Waals surface area contributed by atoms with E-state index < -0.39 is 6.10 Å². The number of aliphatic hydroxyl groups excluding tert-OH is 2. The predicted octanol–water partition coefficient (Wildman–Crippen LogP) is 2.41. The van der Waals surface area contributed by atoms with Crippen molar-refractivity contribution in [1.82, 2.24) is 9.80 Å². The molecule has 2 aliphatic rings. The Labute approximate surface area is 152 Å². The summed E-state index contributed by atoms with van der Waals surface area (Å²) in [5, 5.41) is 20.7. The molecule has 0 amide bonds. The second kappa shape index (κ2) is 7.75. The van der Waals surface area contributed by atoms with Gasteiger partial charge in [0.15, 0.2) is 0 Å². The van der Waals surface area contributed by atoms with E-state index >= 15 is 0 Å². The minimum atomic E-state index is -0.395. The number of nitrogens with zero attached hydrogens (tertiary/aromatic N) is 2. The molecule has 1 aliphatic carbocycles. The van der Waals surface area contributed by atoms with E-state index in [4.69, 9.17) is 0 Å². The van der Waals surface area contributed by atoms with Crippen LogP contribution in [0.1, 0.15) is 50.3 Å². The third-order valence-corrected chi connectivity index (χ3v) is 6.38. The predicted molar refractivity (Wildman–Crippen MR) is 102 cm³/mol. The van der Waals surface area contributed by atoms with Crippen molar-refractivity contribution in [3.05, 3.63) is 35.4 Å². The Morgan fingerprint density at radius 2 is 1.92 bits per heavy atom. The first-order valence-electron chi connectivity index (χ1n) is 9.80. The molecule has 1 heterocycles. The third-order valence-electron chi connectivity index (χ3n) is 6.38. The summed E-state index contributed by atoms with van der Waals surface area (Å²) in [6.07, 6.45) is 2.89. The SMILES string of the molecule is CC(C)CCN1CCC2(CC1)c1ccccc1[C@@H](N(C)CCO)[C@@H]2O. The van der Waals surface area contributed by atoms with E-state index in [1.807, 2.05) is 7.05 Å². The molecule has 2 N–H and O–H groups in total. The summed E-state index contributed by atoms with van der Waals surface area (Å²) < 4.78 is 0. The largest absolute Gasteiger partial charge is 0.395 e. The van der Waals surface area contributed by atoms with Gasteiger partial charge in [0.2, 0.25) is 0 Å². The monoisotopic (exact) mass is 346 g/mol. The molecule has 1 aliphatic heterocycles. The van der Waals surface area contributed by atoms with Gasteiger partial charge in [-0.1, -0.05) is 38.1 Å². The van der Waals surface area contributed by atoms with Crippen LogP contribution in [0, 0.1) is 5.92 Å². The molecule has 1 spiro atoms. The fourth-order valence-corrected chi connectivity index (χ4v) is 4.80. The summed E-state index contributed by atoms with van der Waals surface area (Å²) in [6, 6.07) is 8.55. The molecule has 1 aromatic carbocycles. The lowest BCUT2D eigenvalue weighted by atomic mass is 9.72. The molecule has 0 radical (unpaired) electrons. The van der Waals surface area contributed by atoms with E-state index in [9.17, 15) is 10.2 Å². The number of likely N-dealkylation sites (tertiary alicyclic amines) is 1. The van der Waals surface area contributed by atoms with Crippen molar-refractivity contribution >= 4 is 0 Å². The second-order valence-electron chi connectivity index (χ2n) is 8.36. The van der Waals surface area contributed by atoms with E-state index in [-0.39, 0.29) is 18.1 Å². The zero-order valence-corrected chi connectivity index (χ0v) is 16.0. The molecule has 25 heavy (non-hydrogen) atoms. The quantitative estimate of drug-likeness (QED) is 0.830. The van der Waals surface area contributed by atoms with Gasteiger partial charge in [-0.25, -0.2) is 0 Å². The smallest absolute Gasteiger partial charge is 0.0834 e. The maximum absolute atomic E-state index is 11.3. The van der Waals surface area contributed by atoms with Crippen LogP contribution >= 0.6 is 0 Å². The van der Waals surface area contributed by atoms with Crippen molar-refractivity contribution in [2.45, 2.75) is 50.7 Å². The Balaban J connectivity index is 1.80. The van der Waals surface area contributed by atoms with Crippen molar-refractivity contribution in [1.29, 1.82) is 0 Å². The molecule has 4 nitrogen and oxygen atoms in total. The first-order chi connectivity index (χ1) is 12.0. The minimum absolute atomic E-state index is 0.00874. The van der Waals surface area contributed by atoms with Crippen molar-refractivity contribution < 1.29 is 10.2 Å². The molecule has 3 rings (SSSR count). The topological polar surface area (TPSA) is 46.9 Å². The molecule has 140 valence electrons. The van der Waals surface area contributed by atoms with Gasteiger partial charge in [-0.15, -0.1) is 0 Å². The van der Waals surface area contributed by atoms with Crippen LogP contribution in [0.5, 0.6) is 0 Å². The fourth-order valence-electron chi connectivity index (χ4n) is 4.80. The molecule has 4 heteroatoms. The number of rotatable bonds is 6. The summed E-state index contributed by atoms with van der Waals surface area (Å²) in [5.74, 6) is 0.741. The molecular weight excluding hydrogens is 312 g/mol. The summed E-state index contributed by atoms with van der Waals surface area (Å²) in [5.41, 5.74) is 2.46. The maximum Gasteiger partial charge on any atom is 0.0834 e. The highest BCUT2D eigenvalue weighted by molar-refractivity contribution is 5.45. The molecule has 1 saturated heterocycles. The lowest BCUT2D eigenvalue weighted by Gasteiger charge is -2.43. The molecule has 0 bridgehead atoms. The lowest BCUT2D eigenvalue weighted by molar-refractivity contribution is -0.0120. The van der Waals surface area contributed by atoms with E-state index in [1.165, 1.54) is 24.1 Å². The van der Waals surface area contributed by atoms with Gasteiger partial charge < -0.3 is 15.1 Å². The molecule has 0 saturated carbocycles. The third kappa shape index (κ3) is 3.50. The van der Waals surface area contributed by atoms with Gasteiger partial charge in [-0.3, -0.25) is 4.90 Å². The molecule has 1 aromatic rings. The average Bonchev–Trinajstić information content (AvgIpc) is 2.84. The molecule has 1 fully saturated rings. The average molecular weight is 347 g/mol. The van der Waals surface area contributed by atoms with Gasteiger partial charge in [-0.05, 0) is 63.0 Å². The number of fused-ring (bicyclic) bond motifs is 2. The van der Waals surface area contributed by atoms with Crippen molar-refractivity contribution in [3.8, 4) is 0 Å². The van der Waals surface area contributed by atoms with Gasteiger partial charge in [0.1, 0.15) is 0 Å². The fraction of sp³-hybridized carbons (Fsp3) is 0.714. The van der Waals surface area contributed by atoms with Crippen LogP contribution in [0.3, 0.4) is 0 Å². The summed E-state index contributed by atoms with van der Waals surface area (Å²) in [7, 11) is 2.01. The zero-order valence-electron chi connectivity index (χ0n) is 16.0. The Kier molecular flexibility index (Phi) is 5.84. The van der Waals surface area contributed by atoms with Crippen LogP contribution in [0.4, 0.5) is 0 Å². The molecule has 2 atom stereocenters. The zero-order chi connectivity index (χ0) is 18.0. The highest BCUT2D eigenvalue weighted by atomic mass is 16.3. The highest BCUT2D eigenvalue weighted by Gasteiger charge is 2.53. The first kappa shape index (κ1) is 18.8. The number of piperidine rings is 1. The van der Waals surface area contributed by atoms with Crippen LogP contribution in [-0.4, -0.2) is 66.0 Å². The first-order valence-corrected chi connectivity index (χ1v) is 9.80. The summed E-state index contributed by atoms with van der Waals surface area (Å²) >= 11 is 0. The number of aliphatic hydroxyl groups is 2. The van der Waals surface area contributed by atoms with Crippen LogP contribution in [-0.2, 0) is 5.41 Å². The second-order valence-corrected chi connectivity index (χ2v) is 8.36. The molecule has 0 unspecified atom stereocenters. The normalized spacial score (nSPS) is 25.9. The van der Waals surface area contributed by atoms with Gasteiger partial charge in [0, 0.05) is 12.0 Å². The van der Waals surface area contributed by atoms with Crippen molar-refractivity contribution in [2.75, 3.05) is 39.8 Å². The van der Waals surface area contributed by atoms with Crippen LogP contribution < -0.4 is 0 Å². The Morgan fingerprint density at radius 1 is 1.24 bits per heavy atom. The van der Waals surface area contributed by atoms with Crippen LogP contribution in [0.25, 0.3) is 0 Å². The molecular formula is C21H34N2O2. The lowest BCUT2D eigenvalue weighted by Crippen LogP contribution is -2.49. The number of likely N-dealkylation sites (N-methyl/N-ethyl adjacent to an activating group) is 1. The number of benzene rings is 1. The Bertz CT molecular complexity index is 567. The Morgan fingerprint density at radius 3 is 2.56 bits per heavy atom. The van der Waals surface area contributed by atoms with Gasteiger partial charge in [0.25, 0.3) is 0 Å². The highest BCUT2D eigenvalue weighted by Crippen LogP contribution is 2.52. The van der Waals surface area contributed by atoms with Crippen molar-refractivity contribution in [3.63, 3.8) is 0 Å². The van der Waals surface area contributed by atoms with Gasteiger partial charge >= 0.3 is 0 Å². The summed E-state index contributed by atoms with van der Waals surface area (Å²) in [4.78, 5) is 4.68. The van der Waals surface area contributed by atoms with Crippen molar-refractivity contribution in [2.24, 2.45) is 5.92 Å². The number of hydrogen-bond acceptors (Lipinski definition) is 4. The van der Waals surface area contributed by atoms with E-state index in [0.717, 1.165) is 31.8 Å².